The first kappa shape index (κ1) is 9.78. The van der Waals surface area contributed by atoms with Crippen molar-refractivity contribution >= 4 is 26.8 Å². The van der Waals surface area contributed by atoms with Gasteiger partial charge in [0.25, 0.3) is 0 Å². The molecule has 0 unspecified atom stereocenters. The highest BCUT2D eigenvalue weighted by Gasteiger charge is 2.12. The summed E-state index contributed by atoms with van der Waals surface area (Å²) in [5.41, 5.74) is 4.02. The number of benzene rings is 1. The minimum Gasteiger partial charge on any atom is -0.347 e. The summed E-state index contributed by atoms with van der Waals surface area (Å²) in [4.78, 5) is 0. The second kappa shape index (κ2) is 3.43. The minimum absolute atomic E-state index is 1.06. The molecule has 0 saturated heterocycles. The molecule has 0 saturated carbocycles. The van der Waals surface area contributed by atoms with Gasteiger partial charge in [0.15, 0.2) is 0 Å². The van der Waals surface area contributed by atoms with Crippen molar-refractivity contribution in [2.24, 2.45) is 7.05 Å². The third-order valence-corrected chi connectivity index (χ3v) is 3.68. The molecule has 1 aromatic heterocycles. The zero-order valence-electron chi connectivity index (χ0n) is 8.76. The first-order chi connectivity index (χ1) is 6.66. The summed E-state index contributed by atoms with van der Waals surface area (Å²) in [7, 11) is 2.13. The Labute approximate surface area is 92.9 Å². The van der Waals surface area contributed by atoms with Gasteiger partial charge in [0, 0.05) is 28.1 Å². The number of hydrogen-bond acceptors (Lipinski definition) is 0. The lowest BCUT2D eigenvalue weighted by Gasteiger charge is -2.00. The van der Waals surface area contributed by atoms with Crippen LogP contribution in [0.15, 0.2) is 22.7 Å². The van der Waals surface area contributed by atoms with Gasteiger partial charge < -0.3 is 4.57 Å². The van der Waals surface area contributed by atoms with E-state index in [1.165, 1.54) is 26.6 Å². The van der Waals surface area contributed by atoms with E-state index < -0.39 is 0 Å². The van der Waals surface area contributed by atoms with Gasteiger partial charge in [0.05, 0.1) is 0 Å². The molecule has 1 heterocycles. The van der Waals surface area contributed by atoms with Gasteiger partial charge >= 0.3 is 0 Å². The minimum atomic E-state index is 1.06. The maximum atomic E-state index is 3.69. The molecule has 1 aromatic carbocycles. The largest absolute Gasteiger partial charge is 0.347 e. The number of halogens is 1. The third kappa shape index (κ3) is 1.21. The molecule has 0 spiro atoms. The van der Waals surface area contributed by atoms with Gasteiger partial charge in [-0.15, -0.1) is 0 Å². The molecule has 0 amide bonds. The van der Waals surface area contributed by atoms with E-state index in [1.807, 2.05) is 0 Å². The molecule has 0 radical (unpaired) electrons. The molecule has 0 fully saturated rings. The van der Waals surface area contributed by atoms with Gasteiger partial charge in [0.2, 0.25) is 0 Å². The van der Waals surface area contributed by atoms with Crippen LogP contribution < -0.4 is 0 Å². The Hall–Kier alpha value is -0.760. The monoisotopic (exact) mass is 251 g/mol. The number of aryl methyl sites for hydroxylation is 2. The first-order valence-corrected chi connectivity index (χ1v) is 5.68. The van der Waals surface area contributed by atoms with Crippen molar-refractivity contribution < 1.29 is 0 Å². The molecular weight excluding hydrogens is 238 g/mol. The van der Waals surface area contributed by atoms with Crippen molar-refractivity contribution in [1.29, 1.82) is 0 Å². The topological polar surface area (TPSA) is 4.93 Å². The number of aromatic nitrogens is 1. The Morgan fingerprint density at radius 1 is 1.36 bits per heavy atom. The predicted octanol–water partition coefficient (Wildman–Crippen LogP) is 3.81. The van der Waals surface area contributed by atoms with Crippen LogP contribution in [0.25, 0.3) is 10.9 Å². The average Bonchev–Trinajstić information content (AvgIpc) is 2.41. The quantitative estimate of drug-likeness (QED) is 0.727. The van der Waals surface area contributed by atoms with Crippen molar-refractivity contribution in [3.05, 3.63) is 33.9 Å². The highest BCUT2D eigenvalue weighted by atomic mass is 79.9. The number of hydrogen-bond donors (Lipinski definition) is 0. The van der Waals surface area contributed by atoms with E-state index in [1.54, 1.807) is 0 Å². The zero-order valence-corrected chi connectivity index (χ0v) is 10.4. The van der Waals surface area contributed by atoms with Crippen LogP contribution in [0, 0.1) is 6.92 Å². The van der Waals surface area contributed by atoms with E-state index in [-0.39, 0.29) is 0 Å². The average molecular weight is 252 g/mol. The molecule has 1 nitrogen and oxygen atoms in total. The fourth-order valence-electron chi connectivity index (χ4n) is 2.05. The Balaban J connectivity index is 2.94. The standard InChI is InChI=1S/C12H14BrN/c1-4-9-12(13)11-8(2)6-5-7-10(11)14(9)3/h5-7H,4H2,1-3H3. The molecule has 0 atom stereocenters. The zero-order chi connectivity index (χ0) is 10.3. The third-order valence-electron chi connectivity index (χ3n) is 2.82. The van der Waals surface area contributed by atoms with Gasteiger partial charge in [-0.25, -0.2) is 0 Å². The normalized spacial score (nSPS) is 11.1. The molecule has 0 aliphatic rings. The SMILES string of the molecule is CCc1c(Br)c2c(C)cccc2n1C. The summed E-state index contributed by atoms with van der Waals surface area (Å²) < 4.78 is 3.53. The summed E-state index contributed by atoms with van der Waals surface area (Å²) in [5.74, 6) is 0. The molecule has 0 aliphatic carbocycles. The summed E-state index contributed by atoms with van der Waals surface area (Å²) in [5, 5.41) is 1.35. The first-order valence-electron chi connectivity index (χ1n) is 4.89. The van der Waals surface area contributed by atoms with Gasteiger partial charge in [0.1, 0.15) is 0 Å². The smallest absolute Gasteiger partial charge is 0.0494 e. The Morgan fingerprint density at radius 2 is 2.07 bits per heavy atom. The molecular formula is C12H14BrN. The van der Waals surface area contributed by atoms with Crippen LogP contribution in [0.3, 0.4) is 0 Å². The summed E-state index contributed by atoms with van der Waals surface area (Å²) >= 11 is 3.69. The molecule has 0 N–H and O–H groups in total. The Morgan fingerprint density at radius 3 is 2.64 bits per heavy atom. The van der Waals surface area contributed by atoms with Gasteiger partial charge in [-0.3, -0.25) is 0 Å². The van der Waals surface area contributed by atoms with Gasteiger partial charge in [-0.1, -0.05) is 19.1 Å². The van der Waals surface area contributed by atoms with Gasteiger partial charge in [-0.2, -0.15) is 0 Å². The highest BCUT2D eigenvalue weighted by molar-refractivity contribution is 9.10. The second-order valence-electron chi connectivity index (χ2n) is 3.64. The van der Waals surface area contributed by atoms with Crippen molar-refractivity contribution in [2.45, 2.75) is 20.3 Å². The van der Waals surface area contributed by atoms with Gasteiger partial charge in [-0.05, 0) is 40.9 Å². The van der Waals surface area contributed by atoms with E-state index in [0.29, 0.717) is 0 Å². The summed E-state index contributed by atoms with van der Waals surface area (Å²) in [6.45, 7) is 4.35. The van der Waals surface area contributed by atoms with Crippen LogP contribution in [0.5, 0.6) is 0 Å². The van der Waals surface area contributed by atoms with Crippen molar-refractivity contribution in [2.75, 3.05) is 0 Å². The maximum absolute atomic E-state index is 3.69. The lowest BCUT2D eigenvalue weighted by Crippen LogP contribution is -1.93. The van der Waals surface area contributed by atoms with Crippen molar-refractivity contribution in [3.63, 3.8) is 0 Å². The maximum Gasteiger partial charge on any atom is 0.0494 e. The van der Waals surface area contributed by atoms with E-state index in [2.05, 4.69) is 59.6 Å². The molecule has 2 aromatic rings. The van der Waals surface area contributed by atoms with E-state index in [4.69, 9.17) is 0 Å². The van der Waals surface area contributed by atoms with E-state index in [0.717, 1.165) is 6.42 Å². The van der Waals surface area contributed by atoms with E-state index >= 15 is 0 Å². The summed E-state index contributed by atoms with van der Waals surface area (Å²) in [6.07, 6.45) is 1.06. The number of fused-ring (bicyclic) bond motifs is 1. The van der Waals surface area contributed by atoms with Crippen molar-refractivity contribution in [3.8, 4) is 0 Å². The molecule has 2 heteroatoms. The molecule has 14 heavy (non-hydrogen) atoms. The van der Waals surface area contributed by atoms with Crippen LogP contribution in [0.1, 0.15) is 18.2 Å². The van der Waals surface area contributed by atoms with Crippen LogP contribution in [-0.2, 0) is 13.5 Å². The second-order valence-corrected chi connectivity index (χ2v) is 4.44. The highest BCUT2D eigenvalue weighted by Crippen LogP contribution is 2.32. The van der Waals surface area contributed by atoms with E-state index in [9.17, 15) is 0 Å². The Kier molecular flexibility index (Phi) is 2.40. The van der Waals surface area contributed by atoms with Crippen LogP contribution in [0.4, 0.5) is 0 Å². The predicted molar refractivity (Wildman–Crippen MR) is 64.7 cm³/mol. The van der Waals surface area contributed by atoms with Crippen LogP contribution >= 0.6 is 15.9 Å². The summed E-state index contributed by atoms with van der Waals surface area (Å²) in [6, 6.07) is 6.45. The molecule has 74 valence electrons. The molecule has 0 bridgehead atoms. The van der Waals surface area contributed by atoms with Crippen LogP contribution in [0.2, 0.25) is 0 Å². The Bertz CT molecular complexity index is 483. The fourth-order valence-corrected chi connectivity index (χ4v) is 3.11. The number of nitrogens with zero attached hydrogens (tertiary/aromatic N) is 1. The number of rotatable bonds is 1. The molecule has 2 rings (SSSR count). The fraction of sp³-hybridized carbons (Fsp3) is 0.333. The lowest BCUT2D eigenvalue weighted by atomic mass is 10.1. The lowest BCUT2D eigenvalue weighted by molar-refractivity contribution is 0.860. The van der Waals surface area contributed by atoms with Crippen LogP contribution in [-0.4, -0.2) is 4.57 Å². The molecule has 0 aliphatic heterocycles. The van der Waals surface area contributed by atoms with Crippen molar-refractivity contribution in [1.82, 2.24) is 4.57 Å².